The highest BCUT2D eigenvalue weighted by Crippen LogP contribution is 2.12. The third-order valence-corrected chi connectivity index (χ3v) is 3.33. The molecular weight excluding hydrogens is 256 g/mol. The van der Waals surface area contributed by atoms with Gasteiger partial charge in [0.1, 0.15) is 6.04 Å². The fraction of sp³-hybridized carbons (Fsp3) is 0.400. The Balaban J connectivity index is 2.02. The van der Waals surface area contributed by atoms with E-state index in [4.69, 9.17) is 5.11 Å². The first-order valence-electron chi connectivity index (χ1n) is 5.33. The second-order valence-electron chi connectivity index (χ2n) is 3.71. The monoisotopic (exact) mass is 268 g/mol. The van der Waals surface area contributed by atoms with E-state index in [9.17, 15) is 9.59 Å². The molecule has 2 N–H and O–H groups in total. The minimum absolute atomic E-state index is 0.0576. The van der Waals surface area contributed by atoms with Crippen molar-refractivity contribution in [3.05, 3.63) is 18.0 Å². The predicted molar refractivity (Wildman–Crippen MR) is 66.8 cm³/mol. The van der Waals surface area contributed by atoms with E-state index in [-0.39, 0.29) is 11.5 Å². The number of hydrogen-bond donors (Lipinski definition) is 2. The number of hydrogen-bond acceptors (Lipinski definition) is 5. The van der Waals surface area contributed by atoms with Gasteiger partial charge in [-0.2, -0.15) is 5.10 Å². The molecule has 1 aromatic heterocycles. The average Bonchev–Trinajstić information content (AvgIpc) is 2.98. The zero-order chi connectivity index (χ0) is 13.1. The van der Waals surface area contributed by atoms with E-state index in [1.54, 1.807) is 6.92 Å². The number of carboxylic acid groups (broad SMARTS) is 1. The van der Waals surface area contributed by atoms with Crippen LogP contribution in [0.3, 0.4) is 0 Å². The van der Waals surface area contributed by atoms with Crippen molar-refractivity contribution in [2.24, 2.45) is 4.99 Å². The molecule has 0 saturated heterocycles. The van der Waals surface area contributed by atoms with Crippen molar-refractivity contribution in [3.63, 3.8) is 0 Å². The van der Waals surface area contributed by atoms with Gasteiger partial charge in [0.05, 0.1) is 18.3 Å². The van der Waals surface area contributed by atoms with E-state index in [1.807, 2.05) is 0 Å². The molecule has 7 nitrogen and oxygen atoms in total. The molecule has 0 saturated carbocycles. The molecular formula is C10H12N4O3S. The number of aromatic nitrogens is 2. The van der Waals surface area contributed by atoms with Crippen LogP contribution in [0.2, 0.25) is 0 Å². The summed E-state index contributed by atoms with van der Waals surface area (Å²) in [5.74, 6) is -0.456. The molecule has 96 valence electrons. The van der Waals surface area contributed by atoms with E-state index in [1.165, 1.54) is 28.8 Å². The van der Waals surface area contributed by atoms with Crippen molar-refractivity contribution in [2.75, 3.05) is 12.3 Å². The molecule has 0 radical (unpaired) electrons. The number of carbonyl (C=O) groups excluding carboxylic acids is 1. The summed E-state index contributed by atoms with van der Waals surface area (Å²) in [6.07, 6.45) is 2.55. The molecule has 2 heterocycles. The topological polar surface area (TPSA) is 96.6 Å². The lowest BCUT2D eigenvalue weighted by atomic mass is 10.3. The first-order valence-corrected chi connectivity index (χ1v) is 6.32. The fourth-order valence-corrected chi connectivity index (χ4v) is 2.13. The summed E-state index contributed by atoms with van der Waals surface area (Å²) in [4.78, 5) is 26.7. The second-order valence-corrected chi connectivity index (χ2v) is 4.80. The number of nitrogens with one attached hydrogen (secondary N) is 1. The standard InChI is InChI=1S/C10H12N4O3S/c1-6(8(15)13-10-11-2-3-18-10)14-5-7(4-12-14)9(16)17/h4-6H,2-3H2,1H3,(H,16,17)(H,11,13,15). The maximum absolute atomic E-state index is 11.9. The SMILES string of the molecule is CC(C(=O)NC1=NCCS1)n1cc(C(=O)O)cn1. The normalized spacial score (nSPS) is 16.2. The van der Waals surface area contributed by atoms with Crippen LogP contribution < -0.4 is 5.32 Å². The lowest BCUT2D eigenvalue weighted by molar-refractivity contribution is -0.122. The Hall–Kier alpha value is -1.83. The maximum Gasteiger partial charge on any atom is 0.338 e. The summed E-state index contributed by atoms with van der Waals surface area (Å²) in [7, 11) is 0. The van der Waals surface area contributed by atoms with E-state index in [0.717, 1.165) is 5.75 Å². The van der Waals surface area contributed by atoms with Gasteiger partial charge >= 0.3 is 5.97 Å². The summed E-state index contributed by atoms with van der Waals surface area (Å²) >= 11 is 1.49. The number of carbonyl (C=O) groups is 2. The number of amides is 1. The molecule has 1 aliphatic heterocycles. The van der Waals surface area contributed by atoms with Crippen molar-refractivity contribution in [2.45, 2.75) is 13.0 Å². The fourth-order valence-electron chi connectivity index (χ4n) is 1.40. The number of amidine groups is 1. The molecule has 18 heavy (non-hydrogen) atoms. The zero-order valence-electron chi connectivity index (χ0n) is 9.66. The average molecular weight is 268 g/mol. The second kappa shape index (κ2) is 5.21. The molecule has 1 amide bonds. The van der Waals surface area contributed by atoms with Gasteiger partial charge in [0.25, 0.3) is 0 Å². The largest absolute Gasteiger partial charge is 0.478 e. The minimum Gasteiger partial charge on any atom is -0.478 e. The van der Waals surface area contributed by atoms with E-state index in [0.29, 0.717) is 11.7 Å². The van der Waals surface area contributed by atoms with Gasteiger partial charge in [-0.1, -0.05) is 11.8 Å². The minimum atomic E-state index is -1.07. The van der Waals surface area contributed by atoms with E-state index < -0.39 is 12.0 Å². The van der Waals surface area contributed by atoms with Crippen molar-refractivity contribution in [1.29, 1.82) is 0 Å². The van der Waals surface area contributed by atoms with Crippen LogP contribution >= 0.6 is 11.8 Å². The van der Waals surface area contributed by atoms with Crippen molar-refractivity contribution < 1.29 is 14.7 Å². The van der Waals surface area contributed by atoms with Crippen LogP contribution in [0.25, 0.3) is 0 Å². The lowest BCUT2D eigenvalue weighted by Crippen LogP contribution is -2.34. The number of carboxylic acids is 1. The highest BCUT2D eigenvalue weighted by molar-refractivity contribution is 8.14. The van der Waals surface area contributed by atoms with Gasteiger partial charge in [0.15, 0.2) is 5.17 Å². The van der Waals surface area contributed by atoms with Crippen LogP contribution in [0, 0.1) is 0 Å². The molecule has 1 aliphatic rings. The Kier molecular flexibility index (Phi) is 3.66. The molecule has 0 aromatic carbocycles. The van der Waals surface area contributed by atoms with Crippen LogP contribution in [-0.2, 0) is 4.79 Å². The third-order valence-electron chi connectivity index (χ3n) is 2.44. The quantitative estimate of drug-likeness (QED) is 0.825. The summed E-state index contributed by atoms with van der Waals surface area (Å²) in [5, 5.41) is 15.9. The van der Waals surface area contributed by atoms with Gasteiger partial charge in [0, 0.05) is 11.9 Å². The number of nitrogens with zero attached hydrogens (tertiary/aromatic N) is 3. The number of thioether (sulfide) groups is 1. The van der Waals surface area contributed by atoms with Crippen molar-refractivity contribution >= 4 is 28.8 Å². The molecule has 0 spiro atoms. The number of rotatable bonds is 3. The highest BCUT2D eigenvalue weighted by atomic mass is 32.2. The Morgan fingerprint density at radius 2 is 2.39 bits per heavy atom. The van der Waals surface area contributed by atoms with Crippen molar-refractivity contribution in [3.8, 4) is 0 Å². The predicted octanol–water partition coefficient (Wildman–Crippen LogP) is 0.361. The van der Waals surface area contributed by atoms with Gasteiger partial charge in [0.2, 0.25) is 5.91 Å². The van der Waals surface area contributed by atoms with Gasteiger partial charge in [-0.3, -0.25) is 14.5 Å². The summed E-state index contributed by atoms with van der Waals surface area (Å²) in [6.45, 7) is 2.35. The molecule has 0 aliphatic carbocycles. The molecule has 1 atom stereocenters. The van der Waals surface area contributed by atoms with Crippen LogP contribution in [0.15, 0.2) is 17.4 Å². The van der Waals surface area contributed by atoms with Crippen LogP contribution in [0.1, 0.15) is 23.3 Å². The van der Waals surface area contributed by atoms with Crippen LogP contribution in [0.4, 0.5) is 0 Å². The van der Waals surface area contributed by atoms with Crippen LogP contribution in [0.5, 0.6) is 0 Å². The lowest BCUT2D eigenvalue weighted by Gasteiger charge is -2.11. The Morgan fingerprint density at radius 3 is 2.94 bits per heavy atom. The van der Waals surface area contributed by atoms with Gasteiger partial charge in [-0.25, -0.2) is 4.79 Å². The third kappa shape index (κ3) is 2.70. The Labute approximate surface area is 107 Å². The molecule has 0 fully saturated rings. The Morgan fingerprint density at radius 1 is 1.61 bits per heavy atom. The molecule has 8 heteroatoms. The zero-order valence-corrected chi connectivity index (χ0v) is 10.5. The molecule has 1 aromatic rings. The number of aromatic carboxylic acids is 1. The number of aliphatic imine (C=N–C) groups is 1. The summed E-state index contributed by atoms with van der Waals surface area (Å²) in [5.41, 5.74) is 0.0576. The Bertz CT molecular complexity index is 511. The molecule has 1 unspecified atom stereocenters. The van der Waals surface area contributed by atoms with Crippen LogP contribution in [-0.4, -0.2) is 44.2 Å². The van der Waals surface area contributed by atoms with Gasteiger partial charge in [-0.15, -0.1) is 0 Å². The highest BCUT2D eigenvalue weighted by Gasteiger charge is 2.20. The molecule has 2 rings (SSSR count). The van der Waals surface area contributed by atoms with E-state index >= 15 is 0 Å². The van der Waals surface area contributed by atoms with Gasteiger partial charge in [-0.05, 0) is 6.92 Å². The molecule has 0 bridgehead atoms. The summed E-state index contributed by atoms with van der Waals surface area (Å²) < 4.78 is 1.32. The maximum atomic E-state index is 11.9. The first-order chi connectivity index (χ1) is 8.58. The first kappa shape index (κ1) is 12.6. The summed E-state index contributed by atoms with van der Waals surface area (Å²) in [6, 6.07) is -0.581. The smallest absolute Gasteiger partial charge is 0.338 e. The van der Waals surface area contributed by atoms with Gasteiger partial charge < -0.3 is 10.4 Å². The van der Waals surface area contributed by atoms with E-state index in [2.05, 4.69) is 15.4 Å². The van der Waals surface area contributed by atoms with Crippen molar-refractivity contribution in [1.82, 2.24) is 15.1 Å².